The Balaban J connectivity index is 1.53. The molecule has 0 spiro atoms. The van der Waals surface area contributed by atoms with Gasteiger partial charge in [0.2, 0.25) is 0 Å². The van der Waals surface area contributed by atoms with E-state index in [1.165, 1.54) is 64.2 Å². The fourth-order valence-electron chi connectivity index (χ4n) is 10.8. The van der Waals surface area contributed by atoms with Crippen LogP contribution in [0.1, 0.15) is 120 Å². The van der Waals surface area contributed by atoms with Gasteiger partial charge < -0.3 is 0 Å². The second kappa shape index (κ2) is 8.85. The Kier molecular flexibility index (Phi) is 6.92. The summed E-state index contributed by atoms with van der Waals surface area (Å²) in [5.74, 6) is 6.74. The van der Waals surface area contributed by atoms with Gasteiger partial charge in [0, 0.05) is 0 Å². The molecule has 10 atom stereocenters. The van der Waals surface area contributed by atoms with Crippen LogP contribution in [0.2, 0.25) is 0 Å². The van der Waals surface area contributed by atoms with Crippen LogP contribution in [0.5, 0.6) is 0 Å². The highest BCUT2D eigenvalue weighted by Gasteiger charge is 2.63. The van der Waals surface area contributed by atoms with Crippen molar-refractivity contribution in [2.24, 2.45) is 63.6 Å². The van der Waals surface area contributed by atoms with E-state index >= 15 is 0 Å². The van der Waals surface area contributed by atoms with Crippen LogP contribution in [0.3, 0.4) is 0 Å². The summed E-state index contributed by atoms with van der Waals surface area (Å²) in [5, 5.41) is 9.44. The van der Waals surface area contributed by atoms with Crippen LogP contribution >= 0.6 is 0 Å². The molecule has 4 saturated carbocycles. The Bertz CT molecular complexity index is 655. The maximum absolute atomic E-state index is 9.44. The van der Waals surface area contributed by atoms with E-state index in [1.54, 1.807) is 0 Å². The molecular formula is C30H54O2. The minimum atomic E-state index is -0.0511. The lowest BCUT2D eigenvalue weighted by molar-refractivity contribution is -0.303. The molecule has 2 heteroatoms. The fourth-order valence-corrected chi connectivity index (χ4v) is 10.8. The smallest absolute Gasteiger partial charge is 0.0932 e. The molecule has 0 aromatic heterocycles. The highest BCUT2D eigenvalue weighted by atomic mass is 17.1. The third-order valence-corrected chi connectivity index (χ3v) is 12.4. The summed E-state index contributed by atoms with van der Waals surface area (Å²) in [7, 11) is 0. The Morgan fingerprint density at radius 3 is 2.06 bits per heavy atom. The van der Waals surface area contributed by atoms with Crippen molar-refractivity contribution in [2.45, 2.75) is 126 Å². The van der Waals surface area contributed by atoms with Crippen molar-refractivity contribution < 1.29 is 10.1 Å². The summed E-state index contributed by atoms with van der Waals surface area (Å²) in [6, 6.07) is 0. The van der Waals surface area contributed by atoms with E-state index in [-0.39, 0.29) is 11.5 Å². The van der Waals surface area contributed by atoms with Crippen molar-refractivity contribution in [3.05, 3.63) is 0 Å². The highest BCUT2D eigenvalue weighted by Crippen LogP contribution is 2.71. The molecule has 4 rings (SSSR count). The van der Waals surface area contributed by atoms with Crippen LogP contribution in [0.4, 0.5) is 0 Å². The summed E-state index contributed by atoms with van der Waals surface area (Å²) in [5.41, 5.74) is 1.30. The lowest BCUT2D eigenvalue weighted by Gasteiger charge is -2.65. The minimum Gasteiger partial charge on any atom is -0.252 e. The molecule has 10 unspecified atom stereocenters. The molecule has 0 amide bonds. The molecular weight excluding hydrogens is 392 g/mol. The summed E-state index contributed by atoms with van der Waals surface area (Å²) in [4.78, 5) is 4.88. The summed E-state index contributed by atoms with van der Waals surface area (Å²) < 4.78 is 0. The predicted octanol–water partition coefficient (Wildman–Crippen LogP) is 8.85. The van der Waals surface area contributed by atoms with Gasteiger partial charge in [0.15, 0.2) is 0 Å². The minimum absolute atomic E-state index is 0.0511. The van der Waals surface area contributed by atoms with Crippen LogP contribution < -0.4 is 0 Å². The van der Waals surface area contributed by atoms with E-state index in [1.807, 2.05) is 0 Å². The molecule has 0 radical (unpaired) electrons. The Labute approximate surface area is 199 Å². The zero-order valence-corrected chi connectivity index (χ0v) is 22.6. The summed E-state index contributed by atoms with van der Waals surface area (Å²) in [6.07, 6.45) is 14.1. The number of hydrogen-bond acceptors (Lipinski definition) is 2. The first kappa shape index (κ1) is 25.0. The molecule has 2 nitrogen and oxygen atoms in total. The van der Waals surface area contributed by atoms with Crippen molar-refractivity contribution >= 4 is 0 Å². The summed E-state index contributed by atoms with van der Waals surface area (Å²) in [6.45, 7) is 19.8. The van der Waals surface area contributed by atoms with Crippen molar-refractivity contribution in [2.75, 3.05) is 0 Å². The van der Waals surface area contributed by atoms with Gasteiger partial charge in [0.25, 0.3) is 0 Å². The molecule has 32 heavy (non-hydrogen) atoms. The molecule has 0 aliphatic heterocycles. The lowest BCUT2D eigenvalue weighted by atomic mass is 9.39. The molecule has 0 aromatic carbocycles. The molecule has 4 aliphatic rings. The van der Waals surface area contributed by atoms with Crippen molar-refractivity contribution in [3.63, 3.8) is 0 Å². The van der Waals surface area contributed by atoms with E-state index in [9.17, 15) is 5.26 Å². The van der Waals surface area contributed by atoms with Gasteiger partial charge in [-0.25, -0.2) is 4.89 Å². The third-order valence-electron chi connectivity index (χ3n) is 12.4. The first-order valence-corrected chi connectivity index (χ1v) is 14.3. The number of fused-ring (bicyclic) bond motifs is 5. The standard InChI is InChI=1S/C30H54O2/c1-19(2)9-10-20(3)23-12-13-25-22-11-14-27-28(5,6)24(21(4)32-31)15-18-30(27,8)26(22)16-17-29(23,25)7/h19-27,31H,9-18H2,1-8H3. The van der Waals surface area contributed by atoms with Crippen LogP contribution in [0, 0.1) is 63.6 Å². The van der Waals surface area contributed by atoms with E-state index in [0.717, 1.165) is 41.4 Å². The normalized spacial score (nSPS) is 47.4. The number of rotatable bonds is 6. The molecule has 0 heterocycles. The van der Waals surface area contributed by atoms with Crippen LogP contribution in [-0.4, -0.2) is 11.4 Å². The number of hydrogen-bond donors (Lipinski definition) is 1. The maximum Gasteiger partial charge on any atom is 0.0932 e. The second-order valence-corrected chi connectivity index (χ2v) is 14.5. The topological polar surface area (TPSA) is 29.5 Å². The van der Waals surface area contributed by atoms with Crippen LogP contribution in [0.25, 0.3) is 0 Å². The molecule has 186 valence electrons. The Hall–Kier alpha value is -0.0800. The van der Waals surface area contributed by atoms with Gasteiger partial charge in [-0.3, -0.25) is 5.26 Å². The predicted molar refractivity (Wildman–Crippen MR) is 134 cm³/mol. The van der Waals surface area contributed by atoms with E-state index in [0.29, 0.717) is 16.7 Å². The van der Waals surface area contributed by atoms with Crippen molar-refractivity contribution in [1.29, 1.82) is 0 Å². The lowest BCUT2D eigenvalue weighted by Crippen LogP contribution is -2.59. The quantitative estimate of drug-likeness (QED) is 0.326. The molecule has 4 aliphatic carbocycles. The van der Waals surface area contributed by atoms with Crippen molar-refractivity contribution in [1.82, 2.24) is 0 Å². The molecule has 4 fully saturated rings. The second-order valence-electron chi connectivity index (χ2n) is 14.5. The molecule has 1 N–H and O–H groups in total. The molecule has 0 bridgehead atoms. The average molecular weight is 447 g/mol. The van der Waals surface area contributed by atoms with Gasteiger partial charge >= 0.3 is 0 Å². The average Bonchev–Trinajstić information content (AvgIpc) is 3.08. The van der Waals surface area contributed by atoms with Crippen LogP contribution in [-0.2, 0) is 4.89 Å². The zero-order valence-electron chi connectivity index (χ0n) is 22.6. The van der Waals surface area contributed by atoms with Gasteiger partial charge in [-0.2, -0.15) is 0 Å². The third kappa shape index (κ3) is 3.82. The Morgan fingerprint density at radius 2 is 1.41 bits per heavy atom. The fraction of sp³-hybridized carbons (Fsp3) is 1.00. The van der Waals surface area contributed by atoms with Gasteiger partial charge in [-0.15, -0.1) is 0 Å². The van der Waals surface area contributed by atoms with Gasteiger partial charge in [0.1, 0.15) is 0 Å². The summed E-state index contributed by atoms with van der Waals surface area (Å²) >= 11 is 0. The molecule has 0 saturated heterocycles. The van der Waals surface area contributed by atoms with Crippen LogP contribution in [0.15, 0.2) is 0 Å². The van der Waals surface area contributed by atoms with E-state index in [2.05, 4.69) is 55.4 Å². The maximum atomic E-state index is 9.44. The SMILES string of the molecule is CC(C)CCC(C)C1CCC2C3CCC4C(C)(C)C(C(C)OO)CCC4(C)C3CCC12C. The first-order valence-electron chi connectivity index (χ1n) is 14.3. The largest absolute Gasteiger partial charge is 0.252 e. The first-order chi connectivity index (χ1) is 15.0. The molecule has 0 aromatic rings. The Morgan fingerprint density at radius 1 is 0.750 bits per heavy atom. The van der Waals surface area contributed by atoms with E-state index < -0.39 is 0 Å². The monoisotopic (exact) mass is 446 g/mol. The van der Waals surface area contributed by atoms with Crippen molar-refractivity contribution in [3.8, 4) is 0 Å². The van der Waals surface area contributed by atoms with Gasteiger partial charge in [-0.05, 0) is 122 Å². The van der Waals surface area contributed by atoms with E-state index in [4.69, 9.17) is 4.89 Å². The highest BCUT2D eigenvalue weighted by molar-refractivity contribution is 5.12. The van der Waals surface area contributed by atoms with Gasteiger partial charge in [0.05, 0.1) is 6.10 Å². The van der Waals surface area contributed by atoms with Gasteiger partial charge in [-0.1, -0.05) is 61.3 Å². The zero-order chi connectivity index (χ0) is 23.5.